The lowest BCUT2D eigenvalue weighted by molar-refractivity contribution is -0.173. The highest BCUT2D eigenvalue weighted by atomic mass is 19.4. The predicted octanol–water partition coefficient (Wildman–Crippen LogP) is 6.32. The Balaban J connectivity index is 1.13. The van der Waals surface area contributed by atoms with Crippen LogP contribution in [0.1, 0.15) is 76.3 Å². The number of carbonyl (C=O) groups is 2. The second kappa shape index (κ2) is 11.5. The summed E-state index contributed by atoms with van der Waals surface area (Å²) in [5, 5.41) is 5.60. The number of likely N-dealkylation sites (tertiary alicyclic amines) is 1. The van der Waals surface area contributed by atoms with Crippen molar-refractivity contribution in [2.24, 2.45) is 5.92 Å². The minimum Gasteiger partial charge on any atom is -0.372 e. The van der Waals surface area contributed by atoms with Crippen molar-refractivity contribution in [2.75, 3.05) is 26.3 Å². The summed E-state index contributed by atoms with van der Waals surface area (Å²) in [5.41, 5.74) is 4.28. The summed E-state index contributed by atoms with van der Waals surface area (Å²) in [5.74, 6) is 1.07. The number of piperidine rings is 1. The molecule has 1 saturated carbocycles. The van der Waals surface area contributed by atoms with Crippen LogP contribution in [0.3, 0.4) is 0 Å². The number of carbonyl (C=O) groups excluding carboxylic acids is 2. The van der Waals surface area contributed by atoms with Crippen LogP contribution in [0.4, 0.5) is 13.2 Å². The monoisotopic (exact) mass is 541 g/mol. The van der Waals surface area contributed by atoms with Crippen molar-refractivity contribution >= 4 is 22.6 Å². The minimum atomic E-state index is -4.36. The number of nitrogens with zero attached hydrogens (tertiary/aromatic N) is 3. The third kappa shape index (κ3) is 6.87. The first-order chi connectivity index (χ1) is 18.7. The van der Waals surface area contributed by atoms with Gasteiger partial charge in [-0.2, -0.15) is 18.3 Å². The smallest absolute Gasteiger partial charge is 0.372 e. The molecule has 1 aliphatic carbocycles. The summed E-state index contributed by atoms with van der Waals surface area (Å²) in [6, 6.07) is 11.7. The molecule has 3 aromatic rings. The zero-order valence-electron chi connectivity index (χ0n) is 22.2. The number of hydrogen-bond acceptors (Lipinski definition) is 4. The molecule has 9 heteroatoms. The summed E-state index contributed by atoms with van der Waals surface area (Å²) in [6.07, 6.45) is 2.27. The van der Waals surface area contributed by atoms with Crippen molar-refractivity contribution in [1.82, 2.24) is 14.7 Å². The van der Waals surface area contributed by atoms with E-state index in [1.807, 2.05) is 40.9 Å². The molecular weight excluding hydrogens is 507 g/mol. The second-order valence-electron chi connectivity index (χ2n) is 10.8. The van der Waals surface area contributed by atoms with Crippen molar-refractivity contribution in [2.45, 2.75) is 64.1 Å². The van der Waals surface area contributed by atoms with Crippen molar-refractivity contribution in [3.8, 4) is 0 Å². The number of rotatable bonds is 10. The molecule has 2 aromatic carbocycles. The van der Waals surface area contributed by atoms with E-state index in [4.69, 9.17) is 5.10 Å². The van der Waals surface area contributed by atoms with Gasteiger partial charge in [0.15, 0.2) is 5.78 Å². The number of benzene rings is 2. The first-order valence-corrected chi connectivity index (χ1v) is 13.7. The maximum atomic E-state index is 13.0. The highest BCUT2D eigenvalue weighted by Gasteiger charge is 2.28. The molecule has 0 N–H and O–H groups in total. The van der Waals surface area contributed by atoms with Crippen LogP contribution in [-0.4, -0.2) is 58.9 Å². The maximum Gasteiger partial charge on any atom is 0.411 e. The van der Waals surface area contributed by atoms with Gasteiger partial charge in [0.1, 0.15) is 6.61 Å². The van der Waals surface area contributed by atoms with E-state index in [-0.39, 0.29) is 31.1 Å². The van der Waals surface area contributed by atoms with Gasteiger partial charge in [-0.3, -0.25) is 14.3 Å². The fraction of sp³-hybridized carbons (Fsp3) is 0.500. The summed E-state index contributed by atoms with van der Waals surface area (Å²) in [7, 11) is 0. The highest BCUT2D eigenvalue weighted by molar-refractivity contribution is 6.01. The molecule has 2 heterocycles. The average molecular weight is 542 g/mol. The molecular formula is C30H34F3N3O3. The van der Waals surface area contributed by atoms with Crippen molar-refractivity contribution in [1.29, 1.82) is 0 Å². The van der Waals surface area contributed by atoms with Crippen LogP contribution in [0, 0.1) is 12.8 Å². The quantitative estimate of drug-likeness (QED) is 0.223. The Bertz CT molecular complexity index is 1320. The average Bonchev–Trinajstić information content (AvgIpc) is 3.68. The van der Waals surface area contributed by atoms with Crippen LogP contribution in [0.2, 0.25) is 0 Å². The highest BCUT2D eigenvalue weighted by Crippen LogP contribution is 2.40. The molecule has 2 aliphatic rings. The first kappa shape index (κ1) is 27.4. The number of fused-ring (bicyclic) bond motifs is 1. The van der Waals surface area contributed by atoms with Gasteiger partial charge in [-0.1, -0.05) is 12.1 Å². The molecule has 1 amide bonds. The maximum absolute atomic E-state index is 13.0. The van der Waals surface area contributed by atoms with Crippen LogP contribution >= 0.6 is 0 Å². The van der Waals surface area contributed by atoms with Crippen molar-refractivity contribution < 1.29 is 27.5 Å². The molecule has 5 rings (SSSR count). The number of Topliss-reactive ketones (excluding diaryl/α,β-unsaturated/α-hetero) is 1. The Labute approximate surface area is 226 Å². The Kier molecular flexibility index (Phi) is 8.07. The van der Waals surface area contributed by atoms with Gasteiger partial charge in [0.25, 0.3) is 5.91 Å². The first-order valence-electron chi connectivity index (χ1n) is 13.7. The molecule has 2 fully saturated rings. The molecule has 0 spiro atoms. The number of ketones is 1. The predicted molar refractivity (Wildman–Crippen MR) is 142 cm³/mol. The number of aromatic nitrogens is 2. The molecule has 1 aliphatic heterocycles. The molecule has 6 nitrogen and oxygen atoms in total. The number of halogens is 3. The number of alkyl halides is 3. The lowest BCUT2D eigenvalue weighted by Gasteiger charge is -2.32. The third-order valence-electron chi connectivity index (χ3n) is 7.82. The van der Waals surface area contributed by atoms with E-state index in [2.05, 4.69) is 16.9 Å². The summed E-state index contributed by atoms with van der Waals surface area (Å²) >= 11 is 0. The molecule has 0 radical (unpaired) electrons. The lowest BCUT2D eigenvalue weighted by Crippen LogP contribution is -2.39. The molecule has 0 bridgehead atoms. The fourth-order valence-electron chi connectivity index (χ4n) is 5.41. The van der Waals surface area contributed by atoms with Gasteiger partial charge >= 0.3 is 6.18 Å². The van der Waals surface area contributed by atoms with Crippen LogP contribution in [0.15, 0.2) is 42.6 Å². The number of amides is 1. The van der Waals surface area contributed by atoms with Gasteiger partial charge in [-0.05, 0) is 86.3 Å². The molecule has 1 saturated heterocycles. The number of ether oxygens (including phenoxy) is 1. The van der Waals surface area contributed by atoms with E-state index in [9.17, 15) is 22.8 Å². The van der Waals surface area contributed by atoms with E-state index in [0.29, 0.717) is 17.4 Å². The molecule has 0 unspecified atom stereocenters. The van der Waals surface area contributed by atoms with Gasteiger partial charge in [0.2, 0.25) is 0 Å². The Morgan fingerprint density at radius 3 is 2.41 bits per heavy atom. The Morgan fingerprint density at radius 2 is 1.74 bits per heavy atom. The van der Waals surface area contributed by atoms with Crippen molar-refractivity contribution in [3.63, 3.8) is 0 Å². The van der Waals surface area contributed by atoms with E-state index in [0.717, 1.165) is 54.5 Å². The lowest BCUT2D eigenvalue weighted by atomic mass is 9.96. The SMILES string of the molecule is Cc1c(C(=O)CCCOCC(F)(F)F)ccc2nn(CC3CCN(C(=O)c4ccc(C5CC5)cc4)CC3)cc12. The van der Waals surface area contributed by atoms with Gasteiger partial charge < -0.3 is 9.64 Å². The number of hydrogen-bond donors (Lipinski definition) is 0. The summed E-state index contributed by atoms with van der Waals surface area (Å²) in [4.78, 5) is 27.6. The zero-order valence-corrected chi connectivity index (χ0v) is 22.2. The van der Waals surface area contributed by atoms with E-state index < -0.39 is 12.8 Å². The summed E-state index contributed by atoms with van der Waals surface area (Å²) < 4.78 is 43.1. The second-order valence-corrected chi connectivity index (χ2v) is 10.8. The molecule has 1 aromatic heterocycles. The topological polar surface area (TPSA) is 64.4 Å². The summed E-state index contributed by atoms with van der Waals surface area (Å²) in [6.45, 7) is 2.66. The normalized spacial score (nSPS) is 16.7. The standard InChI is InChI=1S/C30H34F3N3O3/c1-20-25(28(37)3-2-16-39-19-30(31,32)33)10-11-27-26(20)18-36(34-27)17-21-12-14-35(15-13-21)29(38)24-8-6-23(7-9-24)22-4-5-22/h6-11,18,21-22H,2-5,12-17,19H2,1H3. The minimum absolute atomic E-state index is 0.0976. The van der Waals surface area contributed by atoms with Crippen molar-refractivity contribution in [3.05, 3.63) is 64.8 Å². The number of aryl methyl sites for hydroxylation is 1. The fourth-order valence-corrected chi connectivity index (χ4v) is 5.41. The van der Waals surface area contributed by atoms with Gasteiger partial charge in [0, 0.05) is 55.4 Å². The molecule has 208 valence electrons. The van der Waals surface area contributed by atoms with E-state index >= 15 is 0 Å². The Hall–Kier alpha value is -3.20. The van der Waals surface area contributed by atoms with Gasteiger partial charge in [0.05, 0.1) is 5.52 Å². The van der Waals surface area contributed by atoms with E-state index in [1.54, 1.807) is 6.07 Å². The molecule has 0 atom stereocenters. The van der Waals surface area contributed by atoms with Crippen LogP contribution in [-0.2, 0) is 11.3 Å². The molecule has 39 heavy (non-hydrogen) atoms. The zero-order chi connectivity index (χ0) is 27.6. The largest absolute Gasteiger partial charge is 0.411 e. The Morgan fingerprint density at radius 1 is 1.03 bits per heavy atom. The van der Waals surface area contributed by atoms with Gasteiger partial charge in [-0.25, -0.2) is 0 Å². The van der Waals surface area contributed by atoms with Crippen LogP contribution in [0.25, 0.3) is 10.9 Å². The van der Waals surface area contributed by atoms with Crippen LogP contribution in [0.5, 0.6) is 0 Å². The van der Waals surface area contributed by atoms with E-state index in [1.165, 1.54) is 18.4 Å². The van der Waals surface area contributed by atoms with Crippen LogP contribution < -0.4 is 0 Å². The van der Waals surface area contributed by atoms with Gasteiger partial charge in [-0.15, -0.1) is 0 Å². The third-order valence-corrected chi connectivity index (χ3v) is 7.82.